The predicted molar refractivity (Wildman–Crippen MR) is 35.2 cm³/mol. The monoisotopic (exact) mass is 188 g/mol. The second-order valence-electron chi connectivity index (χ2n) is 3.44. The molecule has 0 N–H and O–H groups in total. The third-order valence-corrected chi connectivity index (χ3v) is 2.07. The molecule has 0 aliphatic carbocycles. The summed E-state index contributed by atoms with van der Waals surface area (Å²) in [5.41, 5.74) is 0.920. The molecule has 0 aromatic heterocycles. The molecule has 1 unspecified atom stereocenters. The summed E-state index contributed by atoms with van der Waals surface area (Å²) in [6, 6.07) is 0. The molecule has 6 nitrogen and oxygen atoms in total. The average molecular weight is 188 g/mol. The van der Waals surface area contributed by atoms with Crippen molar-refractivity contribution in [3.05, 3.63) is 12.2 Å². The Balaban J connectivity index is 1.73. The molecule has 1 spiro atoms. The van der Waals surface area contributed by atoms with Crippen molar-refractivity contribution in [1.29, 1.82) is 0 Å². The molecule has 3 fully saturated rings. The second kappa shape index (κ2) is 2.11. The van der Waals surface area contributed by atoms with Crippen molar-refractivity contribution in [2.45, 2.75) is 31.2 Å². The van der Waals surface area contributed by atoms with E-state index >= 15 is 0 Å². The van der Waals surface area contributed by atoms with Gasteiger partial charge in [0.2, 0.25) is 6.10 Å². The van der Waals surface area contributed by atoms with Crippen LogP contribution in [-0.2, 0) is 29.3 Å². The molecule has 0 radical (unpaired) electrons. The van der Waals surface area contributed by atoms with Crippen LogP contribution in [0, 0.1) is 0 Å². The first-order chi connectivity index (χ1) is 6.17. The van der Waals surface area contributed by atoms with Gasteiger partial charge in [-0.2, -0.15) is 24.4 Å². The van der Waals surface area contributed by atoms with E-state index in [-0.39, 0.29) is 0 Å². The lowest BCUT2D eigenvalue weighted by Crippen LogP contribution is -2.55. The van der Waals surface area contributed by atoms with Crippen molar-refractivity contribution in [2.75, 3.05) is 0 Å². The van der Waals surface area contributed by atoms with Gasteiger partial charge in [0.25, 0.3) is 5.79 Å². The molecular formula is C7H8O6. The fourth-order valence-corrected chi connectivity index (χ4v) is 1.39. The van der Waals surface area contributed by atoms with Gasteiger partial charge in [0.15, 0.2) is 0 Å². The van der Waals surface area contributed by atoms with Gasteiger partial charge < -0.3 is 0 Å². The van der Waals surface area contributed by atoms with Gasteiger partial charge in [-0.1, -0.05) is 12.2 Å². The van der Waals surface area contributed by atoms with E-state index in [9.17, 15) is 0 Å². The van der Waals surface area contributed by atoms with Crippen molar-refractivity contribution < 1.29 is 29.3 Å². The van der Waals surface area contributed by atoms with E-state index in [2.05, 4.69) is 21.2 Å². The summed E-state index contributed by atoms with van der Waals surface area (Å²) < 4.78 is 0. The molecule has 3 heterocycles. The van der Waals surface area contributed by atoms with E-state index in [0.717, 1.165) is 5.57 Å². The van der Waals surface area contributed by atoms with Gasteiger partial charge in [-0.15, -0.1) is 0 Å². The fraction of sp³-hybridized carbons (Fsp3) is 0.714. The van der Waals surface area contributed by atoms with E-state index in [1.807, 2.05) is 6.92 Å². The van der Waals surface area contributed by atoms with Crippen LogP contribution < -0.4 is 0 Å². The van der Waals surface area contributed by atoms with Crippen LogP contribution in [0.25, 0.3) is 0 Å². The molecule has 3 aliphatic heterocycles. The van der Waals surface area contributed by atoms with Crippen LogP contribution in [0.5, 0.6) is 0 Å². The molecule has 3 saturated heterocycles. The quantitative estimate of drug-likeness (QED) is 0.366. The molecule has 0 aromatic carbocycles. The van der Waals surface area contributed by atoms with E-state index in [0.29, 0.717) is 6.42 Å². The van der Waals surface area contributed by atoms with Crippen LogP contribution in [0.4, 0.5) is 0 Å². The van der Waals surface area contributed by atoms with Gasteiger partial charge in [-0.3, -0.25) is 0 Å². The lowest BCUT2D eigenvalue weighted by molar-refractivity contribution is -0.526. The zero-order valence-corrected chi connectivity index (χ0v) is 6.94. The lowest BCUT2D eigenvalue weighted by Gasteiger charge is -2.29. The number of hydrogen-bond acceptors (Lipinski definition) is 6. The Bertz CT molecular complexity index is 266. The number of rotatable bonds is 3. The lowest BCUT2D eigenvalue weighted by atomic mass is 10.0. The van der Waals surface area contributed by atoms with Gasteiger partial charge in [0.05, 0.1) is 0 Å². The highest BCUT2D eigenvalue weighted by molar-refractivity contribution is 5.04. The van der Waals surface area contributed by atoms with Crippen LogP contribution in [0.1, 0.15) is 13.3 Å². The van der Waals surface area contributed by atoms with Crippen molar-refractivity contribution >= 4 is 0 Å². The Morgan fingerprint density at radius 1 is 1.23 bits per heavy atom. The summed E-state index contributed by atoms with van der Waals surface area (Å²) in [6.45, 7) is 5.62. The van der Waals surface area contributed by atoms with Crippen LogP contribution >= 0.6 is 0 Å². The highest BCUT2D eigenvalue weighted by Gasteiger charge is 2.81. The molecule has 0 amide bonds. The van der Waals surface area contributed by atoms with Crippen LogP contribution in [-0.4, -0.2) is 17.9 Å². The minimum absolute atomic E-state index is 0.503. The van der Waals surface area contributed by atoms with Gasteiger partial charge in [0.1, 0.15) is 0 Å². The molecule has 0 aromatic rings. The van der Waals surface area contributed by atoms with Crippen LogP contribution in [0.3, 0.4) is 0 Å². The Kier molecular flexibility index (Phi) is 1.28. The minimum Gasteiger partial charge on any atom is -0.213 e. The molecule has 3 rings (SSSR count). The highest BCUT2D eigenvalue weighted by Crippen LogP contribution is 2.56. The maximum Gasteiger partial charge on any atom is 0.400 e. The van der Waals surface area contributed by atoms with E-state index in [1.165, 1.54) is 0 Å². The second-order valence-corrected chi connectivity index (χ2v) is 3.44. The summed E-state index contributed by atoms with van der Waals surface area (Å²) >= 11 is 0. The smallest absolute Gasteiger partial charge is 0.213 e. The molecule has 3 aliphatic rings. The molecule has 72 valence electrons. The zero-order chi connectivity index (χ0) is 9.10. The fourth-order valence-electron chi connectivity index (χ4n) is 1.39. The Morgan fingerprint density at radius 3 is 2.23 bits per heavy atom. The first-order valence-electron chi connectivity index (χ1n) is 3.89. The highest BCUT2D eigenvalue weighted by atomic mass is 17.6. The van der Waals surface area contributed by atoms with E-state index in [4.69, 9.17) is 14.7 Å². The molecule has 13 heavy (non-hydrogen) atoms. The molecule has 1 atom stereocenters. The topological polar surface area (TPSA) is 68.6 Å². The van der Waals surface area contributed by atoms with Gasteiger partial charge in [-0.25, -0.2) is 4.89 Å². The van der Waals surface area contributed by atoms with Crippen molar-refractivity contribution in [2.24, 2.45) is 0 Å². The minimum atomic E-state index is -1.09. The summed E-state index contributed by atoms with van der Waals surface area (Å²) in [5, 5.41) is 0. The number of hydrogen-bond donors (Lipinski definition) is 0. The van der Waals surface area contributed by atoms with Crippen molar-refractivity contribution in [3.63, 3.8) is 0 Å². The maximum absolute atomic E-state index is 4.86. The normalized spacial score (nSPS) is 36.8. The van der Waals surface area contributed by atoms with Crippen LogP contribution in [0.2, 0.25) is 0 Å². The summed E-state index contributed by atoms with van der Waals surface area (Å²) in [4.78, 5) is 28.4. The third-order valence-electron chi connectivity index (χ3n) is 2.07. The summed E-state index contributed by atoms with van der Waals surface area (Å²) in [5.74, 6) is -1.92. The standard InChI is InChI=1S/C7H8O6/c1-4(2)3-6(9-10-6)5-7(11-8-5)12-13-7/h5H,1,3H2,2H3. The van der Waals surface area contributed by atoms with E-state index < -0.39 is 17.9 Å². The van der Waals surface area contributed by atoms with Crippen molar-refractivity contribution in [1.82, 2.24) is 0 Å². The average Bonchev–Trinajstić information content (AvgIpc) is 2.76. The molecular weight excluding hydrogens is 180 g/mol. The summed E-state index contributed by atoms with van der Waals surface area (Å²) in [6.07, 6.45) is 0.0203. The predicted octanol–water partition coefficient (Wildman–Crippen LogP) is 0.557. The molecule has 6 heteroatoms. The largest absolute Gasteiger partial charge is 0.400 e. The van der Waals surface area contributed by atoms with Crippen molar-refractivity contribution in [3.8, 4) is 0 Å². The van der Waals surface area contributed by atoms with E-state index in [1.54, 1.807) is 0 Å². The van der Waals surface area contributed by atoms with Gasteiger partial charge in [0, 0.05) is 6.42 Å². The molecule has 0 saturated carbocycles. The Labute approximate surface area is 73.7 Å². The van der Waals surface area contributed by atoms with Gasteiger partial charge in [-0.05, 0) is 6.92 Å². The Hall–Kier alpha value is -0.500. The first-order valence-corrected chi connectivity index (χ1v) is 3.89. The SMILES string of the molecule is C=C(C)CC1(C2OOC23OO3)OO1. The summed E-state index contributed by atoms with van der Waals surface area (Å²) in [7, 11) is 0. The third kappa shape index (κ3) is 0.983. The maximum atomic E-state index is 4.86. The zero-order valence-electron chi connectivity index (χ0n) is 6.94. The Morgan fingerprint density at radius 2 is 1.92 bits per heavy atom. The van der Waals surface area contributed by atoms with Gasteiger partial charge >= 0.3 is 5.97 Å². The first kappa shape index (κ1) is 7.86. The molecule has 0 bridgehead atoms. The van der Waals surface area contributed by atoms with Crippen LogP contribution in [0.15, 0.2) is 12.2 Å².